The molecule has 0 fully saturated rings. The SMILES string of the molecule is [CH2]c1ccc(-c2nnn(C)n2)cc1. The molecule has 1 heterocycles. The van der Waals surface area contributed by atoms with E-state index in [1.807, 2.05) is 24.3 Å². The summed E-state index contributed by atoms with van der Waals surface area (Å²) in [6, 6.07) is 7.70. The van der Waals surface area contributed by atoms with Gasteiger partial charge in [-0.05, 0) is 17.7 Å². The summed E-state index contributed by atoms with van der Waals surface area (Å²) >= 11 is 0. The molecule has 4 heteroatoms. The van der Waals surface area contributed by atoms with E-state index in [1.165, 1.54) is 4.80 Å². The van der Waals surface area contributed by atoms with Gasteiger partial charge in [-0.2, -0.15) is 4.80 Å². The molecule has 0 aliphatic heterocycles. The Hall–Kier alpha value is -1.71. The molecular weight excluding hydrogens is 164 g/mol. The molecule has 4 nitrogen and oxygen atoms in total. The smallest absolute Gasteiger partial charge is 0.167 e. The van der Waals surface area contributed by atoms with E-state index < -0.39 is 0 Å². The van der Waals surface area contributed by atoms with Crippen molar-refractivity contribution in [2.75, 3.05) is 0 Å². The molecule has 2 aromatic rings. The molecule has 0 amide bonds. The summed E-state index contributed by atoms with van der Waals surface area (Å²) in [5, 5.41) is 11.7. The molecule has 0 saturated carbocycles. The summed E-state index contributed by atoms with van der Waals surface area (Å²) in [6.45, 7) is 3.80. The van der Waals surface area contributed by atoms with Crippen molar-refractivity contribution >= 4 is 0 Å². The molecule has 0 aliphatic rings. The first-order chi connectivity index (χ1) is 6.25. The number of hydrogen-bond donors (Lipinski definition) is 0. The summed E-state index contributed by atoms with van der Waals surface area (Å²) in [6.07, 6.45) is 0. The lowest BCUT2D eigenvalue weighted by Crippen LogP contribution is -1.91. The van der Waals surface area contributed by atoms with Gasteiger partial charge in [0.25, 0.3) is 0 Å². The predicted octanol–water partition coefficient (Wildman–Crippen LogP) is 1.06. The van der Waals surface area contributed by atoms with E-state index in [9.17, 15) is 0 Å². The fourth-order valence-electron chi connectivity index (χ4n) is 1.05. The van der Waals surface area contributed by atoms with Gasteiger partial charge in [0.1, 0.15) is 0 Å². The molecule has 0 bridgehead atoms. The maximum Gasteiger partial charge on any atom is 0.204 e. The van der Waals surface area contributed by atoms with Crippen molar-refractivity contribution in [1.82, 2.24) is 20.2 Å². The van der Waals surface area contributed by atoms with Crippen molar-refractivity contribution in [2.45, 2.75) is 0 Å². The van der Waals surface area contributed by atoms with Gasteiger partial charge in [-0.15, -0.1) is 10.2 Å². The average Bonchev–Trinajstić information content (AvgIpc) is 2.53. The van der Waals surface area contributed by atoms with E-state index in [2.05, 4.69) is 22.3 Å². The van der Waals surface area contributed by atoms with Gasteiger partial charge in [0.05, 0.1) is 7.05 Å². The lowest BCUT2D eigenvalue weighted by atomic mass is 10.1. The number of aryl methyl sites for hydroxylation is 1. The van der Waals surface area contributed by atoms with Gasteiger partial charge in [0.15, 0.2) is 0 Å². The maximum absolute atomic E-state index is 4.08. The maximum atomic E-state index is 4.08. The molecule has 65 valence electrons. The van der Waals surface area contributed by atoms with Crippen LogP contribution in [0.15, 0.2) is 24.3 Å². The normalized spacial score (nSPS) is 10.3. The van der Waals surface area contributed by atoms with Gasteiger partial charge < -0.3 is 0 Å². The number of hydrogen-bond acceptors (Lipinski definition) is 3. The van der Waals surface area contributed by atoms with Crippen LogP contribution in [0, 0.1) is 6.92 Å². The van der Waals surface area contributed by atoms with Crippen LogP contribution in [-0.2, 0) is 7.05 Å². The zero-order valence-electron chi connectivity index (χ0n) is 7.31. The Labute approximate surface area is 76.2 Å². The quantitative estimate of drug-likeness (QED) is 0.647. The minimum atomic E-state index is 0.641. The zero-order chi connectivity index (χ0) is 9.26. The fourth-order valence-corrected chi connectivity index (χ4v) is 1.05. The van der Waals surface area contributed by atoms with E-state index >= 15 is 0 Å². The van der Waals surface area contributed by atoms with E-state index in [0.29, 0.717) is 5.82 Å². The van der Waals surface area contributed by atoms with Crippen molar-refractivity contribution in [3.05, 3.63) is 36.8 Å². The molecule has 0 saturated heterocycles. The van der Waals surface area contributed by atoms with Crippen molar-refractivity contribution in [1.29, 1.82) is 0 Å². The first-order valence-electron chi connectivity index (χ1n) is 3.92. The van der Waals surface area contributed by atoms with E-state index in [-0.39, 0.29) is 0 Å². The molecule has 0 aliphatic carbocycles. The van der Waals surface area contributed by atoms with Crippen molar-refractivity contribution in [2.24, 2.45) is 7.05 Å². The zero-order valence-corrected chi connectivity index (χ0v) is 7.31. The Bertz CT molecular complexity index is 402. The molecule has 1 aromatic carbocycles. The van der Waals surface area contributed by atoms with Crippen LogP contribution in [0.2, 0.25) is 0 Å². The minimum Gasteiger partial charge on any atom is -0.167 e. The second kappa shape index (κ2) is 2.97. The third-order valence-corrected chi connectivity index (χ3v) is 1.72. The van der Waals surface area contributed by atoms with Crippen LogP contribution in [0.1, 0.15) is 5.56 Å². The second-order valence-electron chi connectivity index (χ2n) is 2.80. The first kappa shape index (κ1) is 7.91. The van der Waals surface area contributed by atoms with Crippen LogP contribution in [0.25, 0.3) is 11.4 Å². The van der Waals surface area contributed by atoms with Gasteiger partial charge in [-0.1, -0.05) is 24.3 Å². The summed E-state index contributed by atoms with van der Waals surface area (Å²) in [5.41, 5.74) is 1.94. The predicted molar refractivity (Wildman–Crippen MR) is 48.7 cm³/mol. The van der Waals surface area contributed by atoms with Crippen LogP contribution >= 0.6 is 0 Å². The van der Waals surface area contributed by atoms with Gasteiger partial charge in [-0.3, -0.25) is 0 Å². The lowest BCUT2D eigenvalue weighted by molar-refractivity contribution is 0.630. The molecule has 0 atom stereocenters. The largest absolute Gasteiger partial charge is 0.204 e. The van der Waals surface area contributed by atoms with Crippen molar-refractivity contribution in [3.63, 3.8) is 0 Å². The van der Waals surface area contributed by atoms with Crippen LogP contribution in [-0.4, -0.2) is 20.2 Å². The van der Waals surface area contributed by atoms with Crippen molar-refractivity contribution < 1.29 is 0 Å². The van der Waals surface area contributed by atoms with E-state index in [4.69, 9.17) is 0 Å². The Morgan fingerprint density at radius 2 is 1.92 bits per heavy atom. The van der Waals surface area contributed by atoms with Crippen LogP contribution in [0.5, 0.6) is 0 Å². The Morgan fingerprint density at radius 3 is 2.46 bits per heavy atom. The molecule has 13 heavy (non-hydrogen) atoms. The van der Waals surface area contributed by atoms with Gasteiger partial charge in [0, 0.05) is 5.56 Å². The Balaban J connectivity index is 2.41. The highest BCUT2D eigenvalue weighted by Gasteiger charge is 2.02. The third kappa shape index (κ3) is 1.56. The van der Waals surface area contributed by atoms with Crippen molar-refractivity contribution in [3.8, 4) is 11.4 Å². The third-order valence-electron chi connectivity index (χ3n) is 1.72. The number of tetrazole rings is 1. The highest BCUT2D eigenvalue weighted by molar-refractivity contribution is 5.54. The molecule has 1 radical (unpaired) electrons. The van der Waals surface area contributed by atoms with E-state index in [0.717, 1.165) is 11.1 Å². The minimum absolute atomic E-state index is 0.641. The summed E-state index contributed by atoms with van der Waals surface area (Å²) in [7, 11) is 1.74. The fraction of sp³-hybridized carbons (Fsp3) is 0.111. The van der Waals surface area contributed by atoms with E-state index in [1.54, 1.807) is 7.05 Å². The molecule has 1 aromatic heterocycles. The van der Waals surface area contributed by atoms with Crippen LogP contribution in [0.4, 0.5) is 0 Å². The van der Waals surface area contributed by atoms with Crippen LogP contribution < -0.4 is 0 Å². The monoisotopic (exact) mass is 173 g/mol. The molecule has 0 unspecified atom stereocenters. The molecule has 0 N–H and O–H groups in total. The topological polar surface area (TPSA) is 43.6 Å². The number of benzene rings is 1. The van der Waals surface area contributed by atoms with Gasteiger partial charge in [0.2, 0.25) is 5.82 Å². The first-order valence-corrected chi connectivity index (χ1v) is 3.92. The number of rotatable bonds is 1. The summed E-state index contributed by atoms with van der Waals surface area (Å²) in [4.78, 5) is 1.44. The van der Waals surface area contributed by atoms with Crippen LogP contribution in [0.3, 0.4) is 0 Å². The molecular formula is C9H9N4. The standard InChI is InChI=1S/C9H9N4/c1-7-3-5-8(6-4-7)9-10-12-13(2)11-9/h3-6H,1H2,2H3. The number of aromatic nitrogens is 4. The second-order valence-corrected chi connectivity index (χ2v) is 2.80. The van der Waals surface area contributed by atoms with Gasteiger partial charge in [-0.25, -0.2) is 0 Å². The molecule has 0 spiro atoms. The number of nitrogens with zero attached hydrogens (tertiary/aromatic N) is 4. The summed E-state index contributed by atoms with van der Waals surface area (Å²) < 4.78 is 0. The highest BCUT2D eigenvalue weighted by atomic mass is 15.6. The Morgan fingerprint density at radius 1 is 1.23 bits per heavy atom. The molecule has 2 rings (SSSR count). The summed E-state index contributed by atoms with van der Waals surface area (Å²) in [5.74, 6) is 0.641. The average molecular weight is 173 g/mol. The van der Waals surface area contributed by atoms with Gasteiger partial charge >= 0.3 is 0 Å². The Kier molecular flexibility index (Phi) is 1.81. The highest BCUT2D eigenvalue weighted by Crippen LogP contribution is 2.13. The lowest BCUT2D eigenvalue weighted by Gasteiger charge is -1.94.